The van der Waals surface area contributed by atoms with E-state index in [2.05, 4.69) is 44.8 Å². The van der Waals surface area contributed by atoms with Gasteiger partial charge in [-0.05, 0) is 25.0 Å². The van der Waals surface area contributed by atoms with Crippen molar-refractivity contribution in [3.05, 3.63) is 30.3 Å². The van der Waals surface area contributed by atoms with Crippen LogP contribution in [0.1, 0.15) is 19.3 Å². The van der Waals surface area contributed by atoms with Crippen LogP contribution in [0.2, 0.25) is 0 Å². The van der Waals surface area contributed by atoms with Crippen LogP contribution in [0.25, 0.3) is 0 Å². The predicted octanol–water partition coefficient (Wildman–Crippen LogP) is 1.33. The van der Waals surface area contributed by atoms with Crippen LogP contribution in [0.15, 0.2) is 35.3 Å². The molecule has 2 saturated heterocycles. The lowest BCUT2D eigenvalue weighted by Gasteiger charge is -2.36. The minimum Gasteiger partial charge on any atom is -0.381 e. The first-order valence-corrected chi connectivity index (χ1v) is 11.4. The van der Waals surface area contributed by atoms with Gasteiger partial charge >= 0.3 is 0 Å². The molecule has 172 valence electrons. The molecule has 2 heterocycles. The number of para-hydroxylation sites is 1. The van der Waals surface area contributed by atoms with Crippen molar-refractivity contribution in [3.63, 3.8) is 0 Å². The monoisotopic (exact) mass is 431 g/mol. The Labute approximate surface area is 186 Å². The van der Waals surface area contributed by atoms with Gasteiger partial charge in [0, 0.05) is 77.6 Å². The highest BCUT2D eigenvalue weighted by molar-refractivity contribution is 5.81. The standard InChI is InChI=1S/C23H37N5O3/c1-24-23(25-10-5-16-30-18-20-9-17-31-19-20)26-11-8-22(29)28-14-12-27(13-15-28)21-6-3-2-4-7-21/h2-4,6-7,20H,5,8-19H2,1H3,(H2,24,25,26). The number of carbonyl (C=O) groups is 1. The summed E-state index contributed by atoms with van der Waals surface area (Å²) in [6, 6.07) is 10.4. The van der Waals surface area contributed by atoms with E-state index >= 15 is 0 Å². The van der Waals surface area contributed by atoms with E-state index in [-0.39, 0.29) is 5.91 Å². The van der Waals surface area contributed by atoms with Crippen molar-refractivity contribution in [2.75, 3.05) is 77.6 Å². The average Bonchev–Trinajstić information content (AvgIpc) is 3.34. The highest BCUT2D eigenvalue weighted by Gasteiger charge is 2.21. The third-order valence-corrected chi connectivity index (χ3v) is 5.74. The molecular formula is C23H37N5O3. The zero-order valence-electron chi connectivity index (χ0n) is 18.7. The zero-order valence-corrected chi connectivity index (χ0v) is 18.7. The number of piperazine rings is 1. The van der Waals surface area contributed by atoms with Crippen molar-refractivity contribution in [3.8, 4) is 0 Å². The number of nitrogens with zero attached hydrogens (tertiary/aromatic N) is 3. The van der Waals surface area contributed by atoms with Crippen LogP contribution < -0.4 is 15.5 Å². The molecule has 2 N–H and O–H groups in total. The Hall–Kier alpha value is -2.32. The molecular weight excluding hydrogens is 394 g/mol. The molecule has 0 bridgehead atoms. The maximum atomic E-state index is 12.5. The van der Waals surface area contributed by atoms with Gasteiger partial charge in [-0.3, -0.25) is 9.79 Å². The molecule has 2 aliphatic rings. The molecule has 1 aromatic carbocycles. The summed E-state index contributed by atoms with van der Waals surface area (Å²) in [5.41, 5.74) is 1.23. The van der Waals surface area contributed by atoms with E-state index < -0.39 is 0 Å². The number of aliphatic imine (C=N–C) groups is 1. The number of nitrogens with one attached hydrogen (secondary N) is 2. The number of carbonyl (C=O) groups excluding carboxylic acids is 1. The number of amides is 1. The van der Waals surface area contributed by atoms with Gasteiger partial charge in [-0.1, -0.05) is 18.2 Å². The molecule has 1 amide bonds. The fourth-order valence-electron chi connectivity index (χ4n) is 3.87. The third kappa shape index (κ3) is 8.03. The molecule has 0 aliphatic carbocycles. The van der Waals surface area contributed by atoms with E-state index in [4.69, 9.17) is 9.47 Å². The van der Waals surface area contributed by atoms with E-state index in [0.29, 0.717) is 18.9 Å². The van der Waals surface area contributed by atoms with Gasteiger partial charge in [0.1, 0.15) is 0 Å². The number of guanidine groups is 1. The second-order valence-corrected chi connectivity index (χ2v) is 8.04. The quantitative estimate of drug-likeness (QED) is 0.331. The Morgan fingerprint density at radius 2 is 1.94 bits per heavy atom. The number of hydrogen-bond donors (Lipinski definition) is 2. The van der Waals surface area contributed by atoms with Crippen LogP contribution in [0, 0.1) is 5.92 Å². The Bertz CT molecular complexity index is 671. The van der Waals surface area contributed by atoms with Gasteiger partial charge in [0.15, 0.2) is 5.96 Å². The Morgan fingerprint density at radius 1 is 1.16 bits per heavy atom. The van der Waals surface area contributed by atoms with Crippen molar-refractivity contribution in [2.45, 2.75) is 19.3 Å². The van der Waals surface area contributed by atoms with Gasteiger partial charge in [0.2, 0.25) is 5.91 Å². The molecule has 1 atom stereocenters. The number of hydrogen-bond acceptors (Lipinski definition) is 5. The second-order valence-electron chi connectivity index (χ2n) is 8.04. The Balaban J connectivity index is 1.23. The number of anilines is 1. The van der Waals surface area contributed by atoms with Crippen molar-refractivity contribution in [2.24, 2.45) is 10.9 Å². The molecule has 8 heteroatoms. The summed E-state index contributed by atoms with van der Waals surface area (Å²) >= 11 is 0. The number of rotatable bonds is 10. The third-order valence-electron chi connectivity index (χ3n) is 5.74. The second kappa shape index (κ2) is 13.2. The number of benzene rings is 1. The fourth-order valence-corrected chi connectivity index (χ4v) is 3.87. The van der Waals surface area contributed by atoms with Gasteiger partial charge in [-0.2, -0.15) is 0 Å². The van der Waals surface area contributed by atoms with Crippen LogP contribution in [-0.4, -0.2) is 89.5 Å². The summed E-state index contributed by atoms with van der Waals surface area (Å²) in [6.45, 7) is 7.88. The van der Waals surface area contributed by atoms with Crippen LogP contribution >= 0.6 is 0 Å². The Morgan fingerprint density at radius 3 is 2.65 bits per heavy atom. The van der Waals surface area contributed by atoms with Gasteiger partial charge in [-0.25, -0.2) is 0 Å². The lowest BCUT2D eigenvalue weighted by molar-refractivity contribution is -0.131. The van der Waals surface area contributed by atoms with E-state index in [1.807, 2.05) is 11.0 Å². The molecule has 8 nitrogen and oxygen atoms in total. The molecule has 0 spiro atoms. The largest absolute Gasteiger partial charge is 0.381 e. The zero-order chi connectivity index (χ0) is 21.7. The van der Waals surface area contributed by atoms with Crippen LogP contribution in [0.4, 0.5) is 5.69 Å². The molecule has 31 heavy (non-hydrogen) atoms. The maximum absolute atomic E-state index is 12.5. The highest BCUT2D eigenvalue weighted by atomic mass is 16.5. The lowest BCUT2D eigenvalue weighted by atomic mass is 10.1. The Kier molecular flexibility index (Phi) is 9.92. The molecule has 0 aromatic heterocycles. The van der Waals surface area contributed by atoms with Crippen molar-refractivity contribution >= 4 is 17.6 Å². The molecule has 1 aromatic rings. The van der Waals surface area contributed by atoms with E-state index in [9.17, 15) is 4.79 Å². The molecule has 0 saturated carbocycles. The smallest absolute Gasteiger partial charge is 0.224 e. The first-order valence-electron chi connectivity index (χ1n) is 11.4. The SMILES string of the molecule is CN=C(NCCCOCC1CCOC1)NCCC(=O)N1CCN(c2ccccc2)CC1. The summed E-state index contributed by atoms with van der Waals surface area (Å²) in [5, 5.41) is 6.51. The van der Waals surface area contributed by atoms with E-state index in [1.54, 1.807) is 7.05 Å². The minimum atomic E-state index is 0.194. The normalized spacial score (nSPS) is 19.5. The van der Waals surface area contributed by atoms with Crippen molar-refractivity contribution in [1.29, 1.82) is 0 Å². The van der Waals surface area contributed by atoms with E-state index in [1.165, 1.54) is 5.69 Å². The van der Waals surface area contributed by atoms with Crippen molar-refractivity contribution < 1.29 is 14.3 Å². The first-order chi connectivity index (χ1) is 15.3. The van der Waals surface area contributed by atoms with Crippen LogP contribution in [0.3, 0.4) is 0 Å². The van der Waals surface area contributed by atoms with Crippen molar-refractivity contribution in [1.82, 2.24) is 15.5 Å². The summed E-state index contributed by atoms with van der Waals surface area (Å²) < 4.78 is 11.1. The summed E-state index contributed by atoms with van der Waals surface area (Å²) in [5.74, 6) is 1.48. The molecule has 1 unspecified atom stereocenters. The fraction of sp³-hybridized carbons (Fsp3) is 0.652. The van der Waals surface area contributed by atoms with Gasteiger partial charge < -0.3 is 29.9 Å². The summed E-state index contributed by atoms with van der Waals surface area (Å²) in [4.78, 5) is 21.1. The first kappa shape index (κ1) is 23.3. The molecule has 2 fully saturated rings. The predicted molar refractivity (Wildman–Crippen MR) is 124 cm³/mol. The van der Waals surface area contributed by atoms with E-state index in [0.717, 1.165) is 78.0 Å². The maximum Gasteiger partial charge on any atom is 0.224 e. The van der Waals surface area contributed by atoms with Crippen LogP contribution in [0.5, 0.6) is 0 Å². The summed E-state index contributed by atoms with van der Waals surface area (Å²) in [7, 11) is 1.75. The minimum absolute atomic E-state index is 0.194. The molecule has 3 rings (SSSR count). The van der Waals surface area contributed by atoms with Gasteiger partial charge in [0.05, 0.1) is 13.2 Å². The number of ether oxygens (including phenoxy) is 2. The molecule has 0 radical (unpaired) electrons. The average molecular weight is 432 g/mol. The summed E-state index contributed by atoms with van der Waals surface area (Å²) in [6.07, 6.45) is 2.49. The lowest BCUT2D eigenvalue weighted by Crippen LogP contribution is -2.49. The topological polar surface area (TPSA) is 78.4 Å². The van der Waals surface area contributed by atoms with Crippen LogP contribution in [-0.2, 0) is 14.3 Å². The highest BCUT2D eigenvalue weighted by Crippen LogP contribution is 2.15. The van der Waals surface area contributed by atoms with Gasteiger partial charge in [-0.15, -0.1) is 0 Å². The molecule has 2 aliphatic heterocycles. The van der Waals surface area contributed by atoms with Gasteiger partial charge in [0.25, 0.3) is 0 Å².